The van der Waals surface area contributed by atoms with Gasteiger partial charge < -0.3 is 22.7 Å². The summed E-state index contributed by atoms with van der Waals surface area (Å²) in [6, 6.07) is 119. The summed E-state index contributed by atoms with van der Waals surface area (Å²) in [5, 5.41) is 22.2. The zero-order valence-electron chi connectivity index (χ0n) is 56.2. The van der Waals surface area contributed by atoms with Gasteiger partial charge in [0, 0.05) is 82.5 Å². The monoisotopic (exact) mass is 1300 g/mol. The van der Waals surface area contributed by atoms with Crippen molar-refractivity contribution >= 4 is 98.3 Å². The van der Waals surface area contributed by atoms with Crippen LogP contribution in [-0.2, 0) is 0 Å². The molecule has 0 amide bonds. The maximum atomic E-state index is 12.7. The summed E-state index contributed by atoms with van der Waals surface area (Å²) in [6.45, 7) is 6.47. The molecule has 0 atom stereocenters. The molecule has 20 aromatic rings. The van der Waals surface area contributed by atoms with Crippen molar-refractivity contribution in [1.82, 2.24) is 23.3 Å². The normalized spacial score (nSPS) is 11.9. The van der Waals surface area contributed by atoms with Gasteiger partial charge >= 0.3 is 0 Å². The largest absolute Gasteiger partial charge is 0.436 e. The minimum absolute atomic E-state index is 0.406. The molecule has 0 fully saturated rings. The number of para-hydroxylation sites is 6. The molecule has 0 aliphatic carbocycles. The number of aryl methyl sites for hydroxylation is 3. The molecular formula is C95H62N6O. The summed E-state index contributed by atoms with van der Waals surface area (Å²) in [5.41, 5.74) is 28.3. The zero-order valence-corrected chi connectivity index (χ0v) is 56.2. The van der Waals surface area contributed by atoms with Crippen molar-refractivity contribution in [3.8, 4) is 95.9 Å². The highest BCUT2D eigenvalue weighted by atomic mass is 16.3. The number of fused-ring (bicyclic) bond motifs is 13. The van der Waals surface area contributed by atoms with E-state index in [1.807, 2.05) is 24.3 Å². The van der Waals surface area contributed by atoms with Crippen LogP contribution in [0.1, 0.15) is 22.3 Å². The molecule has 7 heteroatoms. The Labute approximate surface area is 588 Å². The van der Waals surface area contributed by atoms with Crippen LogP contribution >= 0.6 is 0 Å². The molecule has 0 N–H and O–H groups in total. The van der Waals surface area contributed by atoms with Crippen molar-refractivity contribution in [2.75, 3.05) is 0 Å². The molecule has 0 radical (unpaired) electrons. The quantitative estimate of drug-likeness (QED) is 0.137. The van der Waals surface area contributed by atoms with Gasteiger partial charge in [-0.05, 0) is 193 Å². The predicted molar refractivity (Wildman–Crippen MR) is 423 cm³/mol. The van der Waals surface area contributed by atoms with Crippen LogP contribution in [0.3, 0.4) is 0 Å². The Bertz CT molecular complexity index is 6840. The van der Waals surface area contributed by atoms with Crippen molar-refractivity contribution in [2.24, 2.45) is 0 Å². The fourth-order valence-electron chi connectivity index (χ4n) is 16.5. The standard InChI is InChI=1S/C95H62N6O/c1-58-29-49-85-75(53-58)71-19-7-12-24-81(71)98(85)67-43-34-63(35-44-67)91-79(57-96)90(62-32-41-68(42-33-62)101-84-27-15-10-22-74(84)78-56-66(40-52-88(78)101)61-17-5-4-6-18-61)92(64-36-45-69(46-37-64)99-82-25-13-8-20-72(82)76-54-59(2)30-50-86(76)99)93(94(91)95-97-80-23-11-16-28-89(80)102-95)65-38-47-70(48-39-65)100-83-26-14-9-21-73(83)77-55-60(3)31-51-87(77)100/h4-56H,1-3H3. The highest BCUT2D eigenvalue weighted by molar-refractivity contribution is 6.15. The van der Waals surface area contributed by atoms with Crippen LogP contribution in [-0.4, -0.2) is 23.3 Å². The summed E-state index contributed by atoms with van der Waals surface area (Å²) >= 11 is 0. The number of oxazole rings is 1. The minimum atomic E-state index is 0.406. The SMILES string of the molecule is Cc1ccc2c(c1)c1ccccc1n2-c1ccc(-c2c(C#N)c(-c3ccc(-n4c5ccccc5c5cc(-c6ccccc6)ccc54)cc3)c(-c3ccc(-n4c5ccccc5c5cc(C)ccc54)cc3)c(-c3ccc(-n4c5ccccc5c5cc(C)ccc54)cc3)c2-c2nc3ccccc3o2)cc1. The van der Waals surface area contributed by atoms with Gasteiger partial charge in [-0.1, -0.05) is 205 Å². The summed E-state index contributed by atoms with van der Waals surface area (Å²) in [6.07, 6.45) is 0. The molecule has 15 aromatic carbocycles. The molecule has 102 heavy (non-hydrogen) atoms. The Balaban J connectivity index is 0.880. The first-order valence-electron chi connectivity index (χ1n) is 34.8. The Hall–Kier alpha value is -13.5. The Morgan fingerprint density at radius 3 is 0.980 bits per heavy atom. The Kier molecular flexibility index (Phi) is 13.2. The van der Waals surface area contributed by atoms with Gasteiger partial charge in [0.1, 0.15) is 11.6 Å². The van der Waals surface area contributed by atoms with E-state index in [2.05, 4.69) is 342 Å². The highest BCUT2D eigenvalue weighted by Gasteiger charge is 2.32. The number of nitriles is 1. The number of hydrogen-bond acceptors (Lipinski definition) is 3. The first-order valence-corrected chi connectivity index (χ1v) is 34.8. The van der Waals surface area contributed by atoms with Gasteiger partial charge in [0.15, 0.2) is 5.58 Å². The average molecular weight is 1300 g/mol. The predicted octanol–water partition coefficient (Wildman–Crippen LogP) is 25.0. The fraction of sp³-hybridized carbons (Fsp3) is 0.0316. The van der Waals surface area contributed by atoms with E-state index in [4.69, 9.17) is 9.40 Å². The minimum Gasteiger partial charge on any atom is -0.436 e. The molecular weight excluding hydrogens is 1240 g/mol. The number of nitrogens with zero attached hydrogens (tertiary/aromatic N) is 6. The summed E-state index contributed by atoms with van der Waals surface area (Å²) < 4.78 is 16.6. The first kappa shape index (κ1) is 58.6. The summed E-state index contributed by atoms with van der Waals surface area (Å²) in [5.74, 6) is 0.406. The molecule has 0 unspecified atom stereocenters. The first-order chi connectivity index (χ1) is 50.3. The van der Waals surface area contributed by atoms with Gasteiger partial charge in [0.2, 0.25) is 5.89 Å². The molecule has 0 aliphatic heterocycles. The molecule has 0 saturated heterocycles. The zero-order chi connectivity index (χ0) is 67.8. The molecule has 20 rings (SSSR count). The van der Waals surface area contributed by atoms with Crippen LogP contribution in [0.2, 0.25) is 0 Å². The maximum Gasteiger partial charge on any atom is 0.228 e. The van der Waals surface area contributed by atoms with E-state index >= 15 is 0 Å². The third-order valence-electron chi connectivity index (χ3n) is 21.0. The molecule has 0 saturated carbocycles. The van der Waals surface area contributed by atoms with Crippen LogP contribution in [0.4, 0.5) is 0 Å². The van der Waals surface area contributed by atoms with E-state index in [9.17, 15) is 5.26 Å². The third-order valence-corrected chi connectivity index (χ3v) is 21.0. The van der Waals surface area contributed by atoms with Gasteiger partial charge in [0.25, 0.3) is 0 Å². The summed E-state index contributed by atoms with van der Waals surface area (Å²) in [7, 11) is 0. The number of rotatable bonds is 10. The van der Waals surface area contributed by atoms with Crippen molar-refractivity contribution in [2.45, 2.75) is 20.8 Å². The van der Waals surface area contributed by atoms with E-state index in [1.165, 1.54) is 65.3 Å². The molecule has 5 aromatic heterocycles. The third kappa shape index (κ3) is 9.10. The number of hydrogen-bond donors (Lipinski definition) is 0. The lowest BCUT2D eigenvalue weighted by Gasteiger charge is -2.25. The van der Waals surface area contributed by atoms with E-state index in [0.29, 0.717) is 33.7 Å². The second-order valence-corrected chi connectivity index (χ2v) is 27.1. The molecule has 478 valence electrons. The molecule has 7 nitrogen and oxygen atoms in total. The number of aromatic nitrogens is 5. The van der Waals surface area contributed by atoms with Crippen molar-refractivity contribution in [3.63, 3.8) is 0 Å². The van der Waals surface area contributed by atoms with Gasteiger partial charge in [-0.3, -0.25) is 0 Å². The molecule has 0 bridgehead atoms. The van der Waals surface area contributed by atoms with Crippen LogP contribution in [0.5, 0.6) is 0 Å². The summed E-state index contributed by atoms with van der Waals surface area (Å²) in [4.78, 5) is 5.47. The average Bonchev–Trinajstić information content (AvgIpc) is 0.869. The smallest absolute Gasteiger partial charge is 0.228 e. The second-order valence-electron chi connectivity index (χ2n) is 27.1. The van der Waals surface area contributed by atoms with E-state index in [0.717, 1.165) is 111 Å². The van der Waals surface area contributed by atoms with Crippen LogP contribution in [0.25, 0.3) is 188 Å². The number of benzene rings is 15. The molecule has 5 heterocycles. The lowest BCUT2D eigenvalue weighted by Crippen LogP contribution is -2.03. The van der Waals surface area contributed by atoms with Gasteiger partial charge in [-0.15, -0.1) is 0 Å². The lowest BCUT2D eigenvalue weighted by molar-refractivity contribution is 0.620. The molecule has 0 spiro atoms. The van der Waals surface area contributed by atoms with Gasteiger partial charge in [0.05, 0.1) is 55.3 Å². The van der Waals surface area contributed by atoms with Gasteiger partial charge in [-0.2, -0.15) is 5.26 Å². The van der Waals surface area contributed by atoms with E-state index < -0.39 is 0 Å². The Morgan fingerprint density at radius 1 is 0.265 bits per heavy atom. The Morgan fingerprint density at radius 2 is 0.578 bits per heavy atom. The van der Waals surface area contributed by atoms with Crippen molar-refractivity contribution < 1.29 is 4.42 Å². The van der Waals surface area contributed by atoms with Crippen LogP contribution in [0, 0.1) is 32.1 Å². The van der Waals surface area contributed by atoms with Crippen LogP contribution in [0.15, 0.2) is 326 Å². The van der Waals surface area contributed by atoms with E-state index in [1.54, 1.807) is 0 Å². The van der Waals surface area contributed by atoms with Crippen molar-refractivity contribution in [3.05, 3.63) is 344 Å². The lowest BCUT2D eigenvalue weighted by atomic mass is 9.77. The molecule has 0 aliphatic rings. The fourth-order valence-corrected chi connectivity index (χ4v) is 16.5. The second kappa shape index (κ2) is 23.0. The van der Waals surface area contributed by atoms with E-state index in [-0.39, 0.29) is 0 Å². The van der Waals surface area contributed by atoms with Gasteiger partial charge in [-0.25, -0.2) is 4.98 Å². The van der Waals surface area contributed by atoms with Crippen molar-refractivity contribution in [1.29, 1.82) is 5.26 Å². The highest BCUT2D eigenvalue weighted by Crippen LogP contribution is 2.54. The maximum absolute atomic E-state index is 12.7. The van der Waals surface area contributed by atoms with Crippen LogP contribution < -0.4 is 0 Å². The topological polar surface area (TPSA) is 69.5 Å².